The zero-order valence-electron chi connectivity index (χ0n) is 12.7. The van der Waals surface area contributed by atoms with Crippen LogP contribution in [0.4, 0.5) is 0 Å². The zero-order chi connectivity index (χ0) is 15.5. The summed E-state index contributed by atoms with van der Waals surface area (Å²) >= 11 is 1.67. The van der Waals surface area contributed by atoms with E-state index in [-0.39, 0.29) is 5.91 Å². The first-order valence-electron chi connectivity index (χ1n) is 6.91. The Bertz CT molecular complexity index is 532. The van der Waals surface area contributed by atoms with Gasteiger partial charge in [0.25, 0.3) is 0 Å². The number of rotatable bonds is 6. The summed E-state index contributed by atoms with van der Waals surface area (Å²) in [5.41, 5.74) is 5.95. The highest BCUT2D eigenvalue weighted by atomic mass is 32.2. The highest BCUT2D eigenvalue weighted by Gasteiger charge is 2.24. The quantitative estimate of drug-likeness (QED) is 0.784. The number of primary amides is 1. The van der Waals surface area contributed by atoms with Crippen LogP contribution in [-0.2, 0) is 11.3 Å². The predicted molar refractivity (Wildman–Crippen MR) is 83.9 cm³/mol. The molecule has 0 aromatic heterocycles. The maximum atomic E-state index is 11.3. The Morgan fingerprint density at radius 1 is 1.33 bits per heavy atom. The topological polar surface area (TPSA) is 73.6 Å². The van der Waals surface area contributed by atoms with Crippen molar-refractivity contribution in [3.8, 4) is 11.5 Å². The van der Waals surface area contributed by atoms with Crippen LogP contribution >= 0.6 is 11.8 Å². The standard InChI is InChI=1S/C15H22N2O3S/c1-15(2,14(16)18)9-17-8-10-6-11-12(7-13(10)21-3)20-5-4-19-11/h6-7,17H,4-5,8-9H2,1-3H3,(H2,16,18). The van der Waals surface area contributed by atoms with Crippen molar-refractivity contribution in [3.63, 3.8) is 0 Å². The number of nitrogens with one attached hydrogen (secondary N) is 1. The summed E-state index contributed by atoms with van der Waals surface area (Å²) in [5.74, 6) is 1.28. The van der Waals surface area contributed by atoms with Crippen LogP contribution in [0, 0.1) is 5.41 Å². The lowest BCUT2D eigenvalue weighted by Crippen LogP contribution is -2.40. The number of ether oxygens (including phenoxy) is 2. The molecule has 21 heavy (non-hydrogen) atoms. The van der Waals surface area contributed by atoms with Crippen molar-refractivity contribution in [1.29, 1.82) is 0 Å². The second-order valence-electron chi connectivity index (χ2n) is 5.66. The van der Waals surface area contributed by atoms with Gasteiger partial charge >= 0.3 is 0 Å². The van der Waals surface area contributed by atoms with E-state index >= 15 is 0 Å². The minimum Gasteiger partial charge on any atom is -0.486 e. The third-order valence-corrected chi connectivity index (χ3v) is 4.31. The lowest BCUT2D eigenvalue weighted by molar-refractivity contribution is -0.125. The number of hydrogen-bond donors (Lipinski definition) is 2. The van der Waals surface area contributed by atoms with Gasteiger partial charge in [-0.25, -0.2) is 0 Å². The van der Waals surface area contributed by atoms with E-state index in [2.05, 4.69) is 5.32 Å². The molecule has 3 N–H and O–H groups in total. The fraction of sp³-hybridized carbons (Fsp3) is 0.533. The molecule has 0 radical (unpaired) electrons. The average Bonchev–Trinajstić information content (AvgIpc) is 2.46. The molecule has 0 spiro atoms. The summed E-state index contributed by atoms with van der Waals surface area (Å²) < 4.78 is 11.2. The van der Waals surface area contributed by atoms with E-state index in [1.807, 2.05) is 32.2 Å². The first kappa shape index (κ1) is 16.0. The van der Waals surface area contributed by atoms with Gasteiger partial charge in [-0.3, -0.25) is 4.79 Å². The number of amides is 1. The Balaban J connectivity index is 2.07. The fourth-order valence-electron chi connectivity index (χ4n) is 2.04. The Morgan fingerprint density at radius 2 is 1.95 bits per heavy atom. The summed E-state index contributed by atoms with van der Waals surface area (Å²) in [6.45, 7) is 6.02. The van der Waals surface area contributed by atoms with Crippen molar-refractivity contribution >= 4 is 17.7 Å². The maximum absolute atomic E-state index is 11.3. The van der Waals surface area contributed by atoms with Crippen molar-refractivity contribution < 1.29 is 14.3 Å². The van der Waals surface area contributed by atoms with Gasteiger partial charge in [0.15, 0.2) is 11.5 Å². The highest BCUT2D eigenvalue weighted by Crippen LogP contribution is 2.36. The first-order valence-corrected chi connectivity index (χ1v) is 8.13. The average molecular weight is 310 g/mol. The van der Waals surface area contributed by atoms with Crippen molar-refractivity contribution in [1.82, 2.24) is 5.32 Å². The Kier molecular flexibility index (Phi) is 5.00. The molecular weight excluding hydrogens is 288 g/mol. The lowest BCUT2D eigenvalue weighted by atomic mass is 9.93. The van der Waals surface area contributed by atoms with E-state index in [1.165, 1.54) is 0 Å². The van der Waals surface area contributed by atoms with Crippen LogP contribution < -0.4 is 20.5 Å². The summed E-state index contributed by atoms with van der Waals surface area (Å²) in [6, 6.07) is 4.01. The molecule has 1 aliphatic heterocycles. The highest BCUT2D eigenvalue weighted by molar-refractivity contribution is 7.98. The van der Waals surface area contributed by atoms with Crippen LogP contribution in [0.3, 0.4) is 0 Å². The second-order valence-corrected chi connectivity index (χ2v) is 6.51. The Labute approximate surface area is 129 Å². The van der Waals surface area contributed by atoms with Crippen molar-refractivity contribution in [2.75, 3.05) is 26.0 Å². The molecule has 1 amide bonds. The Hall–Kier alpha value is -1.40. The maximum Gasteiger partial charge on any atom is 0.224 e. The fourth-order valence-corrected chi connectivity index (χ4v) is 2.66. The van der Waals surface area contributed by atoms with E-state index in [1.54, 1.807) is 11.8 Å². The zero-order valence-corrected chi connectivity index (χ0v) is 13.5. The minimum atomic E-state index is -0.562. The number of carbonyl (C=O) groups excluding carboxylic acids is 1. The molecule has 1 heterocycles. The monoisotopic (exact) mass is 310 g/mol. The Morgan fingerprint density at radius 3 is 2.52 bits per heavy atom. The number of carbonyl (C=O) groups is 1. The molecule has 6 heteroatoms. The van der Waals surface area contributed by atoms with Gasteiger partial charge in [-0.15, -0.1) is 11.8 Å². The van der Waals surface area contributed by atoms with Crippen LogP contribution in [0.1, 0.15) is 19.4 Å². The molecule has 1 aromatic carbocycles. The van der Waals surface area contributed by atoms with Gasteiger partial charge in [0.05, 0.1) is 5.41 Å². The molecule has 0 saturated heterocycles. The molecule has 0 unspecified atom stereocenters. The van der Waals surface area contributed by atoms with E-state index in [9.17, 15) is 4.79 Å². The number of benzene rings is 1. The van der Waals surface area contributed by atoms with Crippen LogP contribution in [-0.4, -0.2) is 31.9 Å². The van der Waals surface area contributed by atoms with Crippen molar-refractivity contribution in [2.45, 2.75) is 25.3 Å². The van der Waals surface area contributed by atoms with Crippen molar-refractivity contribution in [2.24, 2.45) is 11.1 Å². The third-order valence-electron chi connectivity index (χ3n) is 3.49. The second kappa shape index (κ2) is 6.58. The molecule has 0 atom stereocenters. The minimum absolute atomic E-state index is 0.303. The molecule has 2 rings (SSSR count). The van der Waals surface area contributed by atoms with Crippen LogP contribution in [0.5, 0.6) is 11.5 Å². The van der Waals surface area contributed by atoms with E-state index in [4.69, 9.17) is 15.2 Å². The molecule has 5 nitrogen and oxygen atoms in total. The van der Waals surface area contributed by atoms with E-state index in [0.29, 0.717) is 26.3 Å². The molecular formula is C15H22N2O3S. The molecule has 0 aliphatic carbocycles. The lowest BCUT2D eigenvalue weighted by Gasteiger charge is -2.23. The first-order chi connectivity index (χ1) is 9.94. The van der Waals surface area contributed by atoms with Gasteiger partial charge in [-0.05, 0) is 37.8 Å². The number of thioether (sulfide) groups is 1. The molecule has 0 bridgehead atoms. The smallest absolute Gasteiger partial charge is 0.224 e. The SMILES string of the molecule is CSc1cc2c(cc1CNCC(C)(C)C(N)=O)OCCO2. The molecule has 0 saturated carbocycles. The van der Waals surface area contributed by atoms with Gasteiger partial charge in [-0.2, -0.15) is 0 Å². The van der Waals surface area contributed by atoms with Crippen LogP contribution in [0.25, 0.3) is 0 Å². The van der Waals surface area contributed by atoms with E-state index < -0.39 is 5.41 Å². The summed E-state index contributed by atoms with van der Waals surface area (Å²) in [4.78, 5) is 12.5. The van der Waals surface area contributed by atoms with E-state index in [0.717, 1.165) is 22.0 Å². The van der Waals surface area contributed by atoms with Gasteiger partial charge in [0.1, 0.15) is 13.2 Å². The third kappa shape index (κ3) is 3.83. The molecule has 1 aliphatic rings. The summed E-state index contributed by atoms with van der Waals surface area (Å²) in [6.07, 6.45) is 2.03. The van der Waals surface area contributed by atoms with Crippen LogP contribution in [0.15, 0.2) is 17.0 Å². The van der Waals surface area contributed by atoms with Gasteiger partial charge in [0, 0.05) is 18.0 Å². The number of fused-ring (bicyclic) bond motifs is 1. The predicted octanol–water partition coefficient (Wildman–Crippen LogP) is 1.78. The van der Waals surface area contributed by atoms with Crippen LogP contribution in [0.2, 0.25) is 0 Å². The normalized spacial score (nSPS) is 14.0. The molecule has 116 valence electrons. The number of hydrogen-bond acceptors (Lipinski definition) is 5. The molecule has 0 fully saturated rings. The van der Waals surface area contributed by atoms with Gasteiger partial charge in [0.2, 0.25) is 5.91 Å². The van der Waals surface area contributed by atoms with Gasteiger partial charge < -0.3 is 20.5 Å². The summed E-state index contributed by atoms with van der Waals surface area (Å²) in [7, 11) is 0. The number of nitrogens with two attached hydrogens (primary N) is 1. The largest absolute Gasteiger partial charge is 0.486 e. The van der Waals surface area contributed by atoms with Gasteiger partial charge in [-0.1, -0.05) is 0 Å². The van der Waals surface area contributed by atoms with Crippen molar-refractivity contribution in [3.05, 3.63) is 17.7 Å². The summed E-state index contributed by atoms with van der Waals surface area (Å²) in [5, 5.41) is 3.29. The molecule has 1 aromatic rings.